The minimum absolute atomic E-state index is 0.208. The number of hydrogen-bond donors (Lipinski definition) is 2. The molecule has 0 bridgehead atoms. The Hall–Kier alpha value is -3.14. The maximum Gasteiger partial charge on any atom is 0.336 e. The Labute approximate surface area is 133 Å². The summed E-state index contributed by atoms with van der Waals surface area (Å²) in [6.45, 7) is 0. The molecule has 0 radical (unpaired) electrons. The second-order valence-electron chi connectivity index (χ2n) is 5.20. The zero-order valence-electron chi connectivity index (χ0n) is 12.2. The first-order valence-electron chi connectivity index (χ1n) is 7.14. The van der Waals surface area contributed by atoms with Gasteiger partial charge in [0.25, 0.3) is 0 Å². The maximum absolute atomic E-state index is 11.5. The molecule has 0 fully saturated rings. The molecule has 2 N–H and O–H groups in total. The zero-order valence-corrected chi connectivity index (χ0v) is 12.2. The number of aromatic carboxylic acids is 2. The molecule has 4 nitrogen and oxygen atoms in total. The Kier molecular flexibility index (Phi) is 3.81. The van der Waals surface area contributed by atoms with E-state index in [2.05, 4.69) is 0 Å². The topological polar surface area (TPSA) is 74.6 Å². The van der Waals surface area contributed by atoms with E-state index in [-0.39, 0.29) is 11.1 Å². The predicted molar refractivity (Wildman–Crippen MR) is 87.4 cm³/mol. The largest absolute Gasteiger partial charge is 0.478 e. The van der Waals surface area contributed by atoms with Crippen LogP contribution in [0.15, 0.2) is 60.7 Å². The molecule has 2 aromatic carbocycles. The van der Waals surface area contributed by atoms with Gasteiger partial charge in [0.15, 0.2) is 0 Å². The third-order valence-electron chi connectivity index (χ3n) is 3.86. The number of rotatable bonds is 4. The molecule has 2 aromatic rings. The van der Waals surface area contributed by atoms with E-state index in [1.165, 1.54) is 0 Å². The van der Waals surface area contributed by atoms with Crippen LogP contribution >= 0.6 is 0 Å². The van der Waals surface area contributed by atoms with Gasteiger partial charge < -0.3 is 10.2 Å². The van der Waals surface area contributed by atoms with Crippen molar-refractivity contribution in [2.45, 2.75) is 6.42 Å². The van der Waals surface area contributed by atoms with Gasteiger partial charge in [-0.3, -0.25) is 0 Å². The van der Waals surface area contributed by atoms with Crippen molar-refractivity contribution >= 4 is 23.1 Å². The van der Waals surface area contributed by atoms with Gasteiger partial charge in [0, 0.05) is 0 Å². The molecule has 0 heterocycles. The highest BCUT2D eigenvalue weighted by Gasteiger charge is 2.21. The summed E-state index contributed by atoms with van der Waals surface area (Å²) < 4.78 is 0. The molecule has 0 unspecified atom stereocenters. The normalized spacial score (nSPS) is 13.4. The predicted octanol–water partition coefficient (Wildman–Crippen LogP) is 3.95. The molecule has 0 saturated heterocycles. The Morgan fingerprint density at radius 3 is 1.91 bits per heavy atom. The SMILES string of the molecule is O=C(O)c1ccccc1C1=C(c2ccccc2C(=O)O)CC=C1. The molecule has 0 spiro atoms. The lowest BCUT2D eigenvalue weighted by atomic mass is 9.91. The highest BCUT2D eigenvalue weighted by atomic mass is 16.4. The Bertz CT molecular complexity index is 859. The molecular weight excluding hydrogens is 292 g/mol. The Morgan fingerprint density at radius 2 is 1.30 bits per heavy atom. The second-order valence-corrected chi connectivity index (χ2v) is 5.20. The van der Waals surface area contributed by atoms with E-state index < -0.39 is 11.9 Å². The number of allylic oxidation sites excluding steroid dienone is 4. The molecule has 0 aliphatic heterocycles. The van der Waals surface area contributed by atoms with Crippen LogP contribution in [-0.2, 0) is 0 Å². The summed E-state index contributed by atoms with van der Waals surface area (Å²) in [7, 11) is 0. The van der Waals surface area contributed by atoms with Crippen molar-refractivity contribution in [3.63, 3.8) is 0 Å². The van der Waals surface area contributed by atoms with Gasteiger partial charge in [-0.25, -0.2) is 9.59 Å². The lowest BCUT2D eigenvalue weighted by molar-refractivity contribution is 0.0685. The van der Waals surface area contributed by atoms with Crippen LogP contribution in [0.5, 0.6) is 0 Å². The molecule has 0 aromatic heterocycles. The third kappa shape index (κ3) is 2.66. The molecule has 114 valence electrons. The molecule has 4 heteroatoms. The monoisotopic (exact) mass is 306 g/mol. The fourth-order valence-electron chi connectivity index (χ4n) is 2.85. The van der Waals surface area contributed by atoms with E-state index in [1.54, 1.807) is 48.5 Å². The van der Waals surface area contributed by atoms with Crippen LogP contribution in [0.1, 0.15) is 38.3 Å². The number of benzene rings is 2. The molecule has 0 saturated carbocycles. The molecule has 3 rings (SSSR count). The van der Waals surface area contributed by atoms with E-state index in [1.807, 2.05) is 12.2 Å². The summed E-state index contributed by atoms with van der Waals surface area (Å²) in [5, 5.41) is 18.8. The summed E-state index contributed by atoms with van der Waals surface area (Å²) in [4.78, 5) is 22.9. The highest BCUT2D eigenvalue weighted by Crippen LogP contribution is 2.37. The molecule has 23 heavy (non-hydrogen) atoms. The van der Waals surface area contributed by atoms with Gasteiger partial charge in [0.2, 0.25) is 0 Å². The highest BCUT2D eigenvalue weighted by molar-refractivity contribution is 6.07. The average Bonchev–Trinajstić information content (AvgIpc) is 3.04. The van der Waals surface area contributed by atoms with Crippen molar-refractivity contribution in [2.75, 3.05) is 0 Å². The fourth-order valence-corrected chi connectivity index (χ4v) is 2.85. The first kappa shape index (κ1) is 14.8. The lowest BCUT2D eigenvalue weighted by Gasteiger charge is -2.12. The summed E-state index contributed by atoms with van der Waals surface area (Å²) in [5.74, 6) is -2.00. The number of carboxylic acids is 2. The van der Waals surface area contributed by atoms with Gasteiger partial charge in [-0.1, -0.05) is 48.6 Å². The molecule has 0 amide bonds. The summed E-state index contributed by atoms with van der Waals surface area (Å²) in [6.07, 6.45) is 4.35. The van der Waals surface area contributed by atoms with Crippen LogP contribution in [0.25, 0.3) is 11.1 Å². The standard InChI is InChI=1S/C19H14O4/c20-18(21)16-8-3-1-6-14(16)12-10-5-11-13(12)15-7-2-4-9-17(15)19(22)23/h1-10H,11H2,(H,20,21)(H,22,23). The Balaban J connectivity index is 2.23. The zero-order chi connectivity index (χ0) is 16.4. The van der Waals surface area contributed by atoms with Crippen LogP contribution in [0, 0.1) is 0 Å². The first-order valence-corrected chi connectivity index (χ1v) is 7.14. The van der Waals surface area contributed by atoms with E-state index in [0.717, 1.165) is 11.1 Å². The minimum Gasteiger partial charge on any atom is -0.478 e. The van der Waals surface area contributed by atoms with Gasteiger partial charge in [-0.15, -0.1) is 0 Å². The van der Waals surface area contributed by atoms with Crippen molar-refractivity contribution in [1.29, 1.82) is 0 Å². The van der Waals surface area contributed by atoms with E-state index in [4.69, 9.17) is 0 Å². The maximum atomic E-state index is 11.5. The van der Waals surface area contributed by atoms with E-state index in [9.17, 15) is 19.8 Å². The fraction of sp³-hybridized carbons (Fsp3) is 0.0526. The van der Waals surface area contributed by atoms with Crippen molar-refractivity contribution in [3.05, 3.63) is 82.9 Å². The van der Waals surface area contributed by atoms with Crippen LogP contribution in [0.4, 0.5) is 0 Å². The molecule has 1 aliphatic carbocycles. The summed E-state index contributed by atoms with van der Waals surface area (Å²) in [5.41, 5.74) is 3.24. The third-order valence-corrected chi connectivity index (χ3v) is 3.86. The molecular formula is C19H14O4. The second kappa shape index (κ2) is 5.93. The van der Waals surface area contributed by atoms with Gasteiger partial charge in [0.05, 0.1) is 11.1 Å². The van der Waals surface area contributed by atoms with Gasteiger partial charge in [-0.2, -0.15) is 0 Å². The molecule has 1 aliphatic rings. The van der Waals surface area contributed by atoms with E-state index >= 15 is 0 Å². The number of hydrogen-bond acceptors (Lipinski definition) is 2. The lowest BCUT2D eigenvalue weighted by Crippen LogP contribution is -2.04. The smallest absolute Gasteiger partial charge is 0.336 e. The molecule has 0 atom stereocenters. The number of carbonyl (C=O) groups is 2. The van der Waals surface area contributed by atoms with Crippen LogP contribution in [0.2, 0.25) is 0 Å². The summed E-state index contributed by atoms with van der Waals surface area (Å²) >= 11 is 0. The first-order chi connectivity index (χ1) is 11.1. The quantitative estimate of drug-likeness (QED) is 0.896. The van der Waals surface area contributed by atoms with Crippen LogP contribution < -0.4 is 0 Å². The van der Waals surface area contributed by atoms with Crippen LogP contribution in [0.3, 0.4) is 0 Å². The minimum atomic E-state index is -1.00. The van der Waals surface area contributed by atoms with Gasteiger partial charge in [-0.05, 0) is 40.8 Å². The summed E-state index contributed by atoms with van der Waals surface area (Å²) in [6, 6.07) is 13.5. The Morgan fingerprint density at radius 1 is 0.783 bits per heavy atom. The van der Waals surface area contributed by atoms with Gasteiger partial charge >= 0.3 is 11.9 Å². The number of carboxylic acid groups (broad SMARTS) is 2. The van der Waals surface area contributed by atoms with Crippen molar-refractivity contribution in [3.8, 4) is 0 Å². The van der Waals surface area contributed by atoms with E-state index in [0.29, 0.717) is 17.5 Å². The van der Waals surface area contributed by atoms with Gasteiger partial charge in [0.1, 0.15) is 0 Å². The van der Waals surface area contributed by atoms with Crippen molar-refractivity contribution in [1.82, 2.24) is 0 Å². The van der Waals surface area contributed by atoms with Crippen LogP contribution in [-0.4, -0.2) is 22.2 Å². The van der Waals surface area contributed by atoms with Crippen molar-refractivity contribution < 1.29 is 19.8 Å². The van der Waals surface area contributed by atoms with Crippen molar-refractivity contribution in [2.24, 2.45) is 0 Å². The average molecular weight is 306 g/mol.